The zero-order valence-corrected chi connectivity index (χ0v) is 6.47. The van der Waals surface area contributed by atoms with Crippen LogP contribution in [0.15, 0.2) is 9.64 Å². The Morgan fingerprint density at radius 3 is 3.00 bits per heavy atom. The topological polar surface area (TPSA) is 88.7 Å². The first-order valence-corrected chi connectivity index (χ1v) is 3.90. The summed E-state index contributed by atoms with van der Waals surface area (Å²) in [5, 5.41) is 15.7. The lowest BCUT2D eigenvalue weighted by Gasteiger charge is -1.86. The predicted molar refractivity (Wildman–Crippen MR) is 39.7 cm³/mol. The molecule has 1 rings (SSSR count). The summed E-state index contributed by atoms with van der Waals surface area (Å²) in [7, 11) is 0. The lowest BCUT2D eigenvalue weighted by molar-refractivity contribution is 0.470. The highest BCUT2D eigenvalue weighted by Gasteiger charge is 2.01. The van der Waals surface area contributed by atoms with E-state index in [1.54, 1.807) is 0 Å². The van der Waals surface area contributed by atoms with Gasteiger partial charge in [-0.25, -0.2) is 0 Å². The van der Waals surface area contributed by atoms with Crippen molar-refractivity contribution >= 4 is 17.8 Å². The van der Waals surface area contributed by atoms with E-state index in [1.807, 2.05) is 6.07 Å². The second kappa shape index (κ2) is 3.83. The van der Waals surface area contributed by atoms with E-state index in [9.17, 15) is 0 Å². The van der Waals surface area contributed by atoms with Gasteiger partial charge < -0.3 is 10.2 Å². The molecule has 0 amide bonds. The molecular formula is C5H6N4OS. The Labute approximate surface area is 67.6 Å². The van der Waals surface area contributed by atoms with Crippen LogP contribution >= 0.6 is 11.8 Å². The third-order valence-electron chi connectivity index (χ3n) is 0.861. The van der Waals surface area contributed by atoms with Crippen molar-refractivity contribution in [2.45, 2.75) is 11.6 Å². The number of rotatable bonds is 3. The first kappa shape index (κ1) is 7.88. The highest BCUT2D eigenvalue weighted by molar-refractivity contribution is 7.99. The molecule has 0 bridgehead atoms. The van der Waals surface area contributed by atoms with Crippen molar-refractivity contribution in [2.24, 2.45) is 0 Å². The number of thioether (sulfide) groups is 1. The molecule has 0 atom stereocenters. The van der Waals surface area contributed by atoms with E-state index in [-0.39, 0.29) is 6.01 Å². The average Bonchev–Trinajstić information content (AvgIpc) is 2.37. The Morgan fingerprint density at radius 1 is 1.64 bits per heavy atom. The van der Waals surface area contributed by atoms with E-state index in [0.717, 1.165) is 0 Å². The van der Waals surface area contributed by atoms with Crippen molar-refractivity contribution in [3.63, 3.8) is 0 Å². The minimum absolute atomic E-state index is 0.0597. The van der Waals surface area contributed by atoms with Gasteiger partial charge in [0.25, 0.3) is 5.22 Å². The number of nitrogen functional groups attached to an aromatic ring is 1. The van der Waals surface area contributed by atoms with Gasteiger partial charge in [0.2, 0.25) is 0 Å². The maximum atomic E-state index is 8.19. The number of hydrogen-bond donors (Lipinski definition) is 1. The van der Waals surface area contributed by atoms with Crippen molar-refractivity contribution in [3.05, 3.63) is 0 Å². The number of nitrogens with two attached hydrogens (primary N) is 1. The fourth-order valence-electron chi connectivity index (χ4n) is 0.463. The number of hydrogen-bond acceptors (Lipinski definition) is 6. The Hall–Kier alpha value is -1.22. The second-order valence-corrected chi connectivity index (χ2v) is 2.71. The van der Waals surface area contributed by atoms with Gasteiger partial charge in [-0.05, 0) is 0 Å². The molecule has 0 aliphatic carbocycles. The molecule has 1 heterocycles. The van der Waals surface area contributed by atoms with E-state index in [4.69, 9.17) is 15.4 Å². The first-order chi connectivity index (χ1) is 5.33. The summed E-state index contributed by atoms with van der Waals surface area (Å²) in [5.41, 5.74) is 5.16. The highest BCUT2D eigenvalue weighted by Crippen LogP contribution is 2.16. The zero-order valence-electron chi connectivity index (χ0n) is 5.65. The van der Waals surface area contributed by atoms with Crippen molar-refractivity contribution < 1.29 is 4.42 Å². The standard InChI is InChI=1S/C5H6N4OS/c6-2-1-3-11-5-9-8-4(7)10-5/h1,3H2,(H2,7,8). The van der Waals surface area contributed by atoms with E-state index in [1.165, 1.54) is 11.8 Å². The summed E-state index contributed by atoms with van der Waals surface area (Å²) in [6, 6.07) is 2.06. The van der Waals surface area contributed by atoms with Crippen molar-refractivity contribution in [1.82, 2.24) is 10.2 Å². The van der Waals surface area contributed by atoms with Crippen LogP contribution in [0.25, 0.3) is 0 Å². The fraction of sp³-hybridized carbons (Fsp3) is 0.400. The van der Waals surface area contributed by atoms with E-state index >= 15 is 0 Å². The summed E-state index contributed by atoms with van der Waals surface area (Å²) < 4.78 is 4.84. The molecule has 2 N–H and O–H groups in total. The maximum absolute atomic E-state index is 8.19. The Kier molecular flexibility index (Phi) is 2.74. The van der Waals surface area contributed by atoms with Gasteiger partial charge in [-0.15, -0.1) is 0 Å². The van der Waals surface area contributed by atoms with Gasteiger partial charge in [-0.2, -0.15) is 5.26 Å². The average molecular weight is 170 g/mol. The maximum Gasteiger partial charge on any atom is 0.313 e. The van der Waals surface area contributed by atoms with Gasteiger partial charge in [0, 0.05) is 12.2 Å². The van der Waals surface area contributed by atoms with Crippen LogP contribution in [0, 0.1) is 11.3 Å². The van der Waals surface area contributed by atoms with Crippen LogP contribution in [0.5, 0.6) is 0 Å². The number of nitrogens with zero attached hydrogens (tertiary/aromatic N) is 3. The number of nitriles is 1. The molecule has 0 saturated heterocycles. The van der Waals surface area contributed by atoms with Crippen LogP contribution in [0.4, 0.5) is 6.01 Å². The zero-order chi connectivity index (χ0) is 8.10. The van der Waals surface area contributed by atoms with E-state index in [0.29, 0.717) is 17.4 Å². The molecular weight excluding hydrogens is 164 g/mol. The molecule has 6 heteroatoms. The lowest BCUT2D eigenvalue weighted by atomic mass is 10.6. The van der Waals surface area contributed by atoms with Crippen molar-refractivity contribution in [1.29, 1.82) is 5.26 Å². The van der Waals surface area contributed by atoms with Crippen molar-refractivity contribution in [2.75, 3.05) is 11.5 Å². The minimum atomic E-state index is 0.0597. The van der Waals surface area contributed by atoms with Gasteiger partial charge >= 0.3 is 6.01 Å². The molecule has 1 aromatic heterocycles. The SMILES string of the molecule is N#CCCSc1nnc(N)o1. The van der Waals surface area contributed by atoms with Crippen LogP contribution < -0.4 is 5.73 Å². The monoisotopic (exact) mass is 170 g/mol. The molecule has 0 saturated carbocycles. The largest absolute Gasteiger partial charge is 0.398 e. The van der Waals surface area contributed by atoms with Crippen molar-refractivity contribution in [3.8, 4) is 6.07 Å². The molecule has 0 spiro atoms. The molecule has 5 nitrogen and oxygen atoms in total. The molecule has 0 unspecified atom stereocenters. The molecule has 0 fully saturated rings. The quantitative estimate of drug-likeness (QED) is 0.529. The number of anilines is 1. The van der Waals surface area contributed by atoms with Gasteiger partial charge in [0.15, 0.2) is 0 Å². The smallest absolute Gasteiger partial charge is 0.313 e. The van der Waals surface area contributed by atoms with Gasteiger partial charge in [0.1, 0.15) is 0 Å². The third-order valence-corrected chi connectivity index (χ3v) is 1.68. The number of aromatic nitrogens is 2. The molecule has 0 aromatic carbocycles. The summed E-state index contributed by atoms with van der Waals surface area (Å²) in [6.07, 6.45) is 0.465. The summed E-state index contributed by atoms with van der Waals surface area (Å²) >= 11 is 1.32. The second-order valence-electron chi connectivity index (χ2n) is 1.66. The Bertz CT molecular complexity index is 266. The van der Waals surface area contributed by atoms with Crippen LogP contribution in [0.3, 0.4) is 0 Å². The molecule has 11 heavy (non-hydrogen) atoms. The molecule has 1 aromatic rings. The minimum Gasteiger partial charge on any atom is -0.398 e. The summed E-state index contributed by atoms with van der Waals surface area (Å²) in [6.45, 7) is 0. The predicted octanol–water partition coefficient (Wildman–Crippen LogP) is 0.658. The molecule has 0 radical (unpaired) electrons. The first-order valence-electron chi connectivity index (χ1n) is 2.91. The molecule has 0 aliphatic rings. The van der Waals surface area contributed by atoms with Crippen LogP contribution in [0.1, 0.15) is 6.42 Å². The van der Waals surface area contributed by atoms with E-state index < -0.39 is 0 Å². The van der Waals surface area contributed by atoms with Gasteiger partial charge in [-0.3, -0.25) is 0 Å². The van der Waals surface area contributed by atoms with Crippen LogP contribution in [-0.4, -0.2) is 16.0 Å². The Morgan fingerprint density at radius 2 is 2.45 bits per heavy atom. The summed E-state index contributed by atoms with van der Waals surface area (Å²) in [4.78, 5) is 0. The van der Waals surface area contributed by atoms with Crippen LogP contribution in [-0.2, 0) is 0 Å². The lowest BCUT2D eigenvalue weighted by Crippen LogP contribution is -1.81. The summed E-state index contributed by atoms with van der Waals surface area (Å²) in [5.74, 6) is 0.651. The molecule has 58 valence electrons. The van der Waals surface area contributed by atoms with Crippen LogP contribution in [0.2, 0.25) is 0 Å². The molecule has 0 aliphatic heterocycles. The Balaban J connectivity index is 2.34. The normalized spacial score (nSPS) is 9.36. The highest BCUT2D eigenvalue weighted by atomic mass is 32.2. The third kappa shape index (κ3) is 2.47. The van der Waals surface area contributed by atoms with E-state index in [2.05, 4.69) is 10.2 Å². The van der Waals surface area contributed by atoms with Gasteiger partial charge in [-0.1, -0.05) is 22.0 Å². The fourth-order valence-corrected chi connectivity index (χ4v) is 1.07. The van der Waals surface area contributed by atoms with Gasteiger partial charge in [0.05, 0.1) is 6.07 Å².